The van der Waals surface area contributed by atoms with Gasteiger partial charge in [0.1, 0.15) is 17.4 Å². The van der Waals surface area contributed by atoms with Gasteiger partial charge in [-0.3, -0.25) is 0 Å². The van der Waals surface area contributed by atoms with Gasteiger partial charge in [-0.25, -0.2) is 9.98 Å². The molecule has 1 aliphatic carbocycles. The Balaban J connectivity index is 0.00000300. The lowest BCUT2D eigenvalue weighted by Crippen LogP contribution is -2.39. The molecule has 0 amide bonds. The van der Waals surface area contributed by atoms with Crippen LogP contribution in [0.5, 0.6) is 0 Å². The fourth-order valence-corrected chi connectivity index (χ4v) is 4.86. The number of nitrogens with zero attached hydrogens (tertiary/aromatic N) is 6. The summed E-state index contributed by atoms with van der Waals surface area (Å²) in [5.41, 5.74) is 1.32. The summed E-state index contributed by atoms with van der Waals surface area (Å²) in [5.74, 6) is 3.82. The Morgan fingerprint density at radius 1 is 1.31 bits per heavy atom. The molecule has 0 saturated carbocycles. The molecule has 0 bridgehead atoms. The molecule has 0 aliphatic heterocycles. The van der Waals surface area contributed by atoms with Gasteiger partial charge in [-0.1, -0.05) is 0 Å². The molecule has 0 aromatic carbocycles. The first-order chi connectivity index (χ1) is 13.6. The number of aryl methyl sites for hydroxylation is 3. The van der Waals surface area contributed by atoms with Crippen LogP contribution in [0.3, 0.4) is 0 Å². The molecule has 2 aromatic rings. The summed E-state index contributed by atoms with van der Waals surface area (Å²) in [7, 11) is 4.07. The molecule has 7 nitrogen and oxygen atoms in total. The maximum Gasteiger partial charge on any atom is 0.194 e. The van der Waals surface area contributed by atoms with E-state index in [4.69, 9.17) is 9.98 Å². The minimum Gasteiger partial charge on any atom is -0.356 e. The third-order valence-corrected chi connectivity index (χ3v) is 6.82. The fraction of sp³-hybridized carbons (Fsp3) is 0.684. The van der Waals surface area contributed by atoms with E-state index >= 15 is 0 Å². The molecule has 0 unspecified atom stereocenters. The predicted octanol–water partition coefficient (Wildman–Crippen LogP) is 3.41. The summed E-state index contributed by atoms with van der Waals surface area (Å²) in [6.07, 6.45) is 8.15. The molecule has 1 aliphatic rings. The number of aliphatic imine (C=N–C) groups is 1. The molecule has 0 fully saturated rings. The van der Waals surface area contributed by atoms with Crippen molar-refractivity contribution in [3.8, 4) is 0 Å². The van der Waals surface area contributed by atoms with Crippen LogP contribution in [0.4, 0.5) is 0 Å². The fourth-order valence-electron chi connectivity index (χ4n) is 3.21. The van der Waals surface area contributed by atoms with E-state index in [1.165, 1.54) is 34.8 Å². The van der Waals surface area contributed by atoms with Gasteiger partial charge in [0.05, 0.1) is 12.2 Å². The van der Waals surface area contributed by atoms with E-state index in [0.29, 0.717) is 6.54 Å². The number of hydrogen-bond donors (Lipinski definition) is 1. The van der Waals surface area contributed by atoms with Gasteiger partial charge in [0.15, 0.2) is 11.8 Å². The zero-order chi connectivity index (χ0) is 19.9. The van der Waals surface area contributed by atoms with Gasteiger partial charge in [-0.2, -0.15) is 11.8 Å². The second-order valence-electron chi connectivity index (χ2n) is 7.18. The number of rotatable bonds is 8. The Morgan fingerprint density at radius 2 is 2.10 bits per heavy atom. The van der Waals surface area contributed by atoms with Crippen LogP contribution >= 0.6 is 47.1 Å². The van der Waals surface area contributed by atoms with Crippen LogP contribution in [-0.4, -0.2) is 56.2 Å². The quantitative estimate of drug-likeness (QED) is 0.236. The Bertz CT molecular complexity index is 779. The maximum atomic E-state index is 4.88. The van der Waals surface area contributed by atoms with Gasteiger partial charge in [0.2, 0.25) is 0 Å². The summed E-state index contributed by atoms with van der Waals surface area (Å²) in [6, 6.07) is 0. The largest absolute Gasteiger partial charge is 0.356 e. The number of hydrogen-bond acceptors (Lipinski definition) is 6. The van der Waals surface area contributed by atoms with Gasteiger partial charge in [0, 0.05) is 25.5 Å². The van der Waals surface area contributed by atoms with Crippen molar-refractivity contribution in [1.29, 1.82) is 0 Å². The molecule has 10 heteroatoms. The van der Waals surface area contributed by atoms with Crippen molar-refractivity contribution in [2.45, 2.75) is 52.1 Å². The second-order valence-corrected chi connectivity index (χ2v) is 9.33. The minimum atomic E-state index is 0. The molecule has 0 saturated heterocycles. The first-order valence-electron chi connectivity index (χ1n) is 9.89. The predicted molar refractivity (Wildman–Crippen MR) is 134 cm³/mol. The number of thiazole rings is 1. The first-order valence-corrected chi connectivity index (χ1v) is 12.1. The molecule has 2 aromatic heterocycles. The molecule has 1 N–H and O–H groups in total. The molecule has 0 spiro atoms. The highest BCUT2D eigenvalue weighted by Crippen LogP contribution is 2.27. The average Bonchev–Trinajstić information content (AvgIpc) is 3.24. The van der Waals surface area contributed by atoms with Crippen LogP contribution < -0.4 is 5.32 Å². The van der Waals surface area contributed by atoms with E-state index in [0.717, 1.165) is 49.3 Å². The number of aromatic nitrogens is 4. The molecular weight excluding hydrogens is 517 g/mol. The highest BCUT2D eigenvalue weighted by molar-refractivity contribution is 14.0. The number of fused-ring (bicyclic) bond motifs is 1. The van der Waals surface area contributed by atoms with Gasteiger partial charge in [-0.05, 0) is 51.0 Å². The summed E-state index contributed by atoms with van der Waals surface area (Å²) >= 11 is 3.74. The Hall–Kier alpha value is -0.880. The lowest BCUT2D eigenvalue weighted by Gasteiger charge is -2.21. The molecular formula is C19H32IN7S2. The normalized spacial score (nSPS) is 13.7. The topological polar surface area (TPSA) is 71.2 Å². The molecule has 0 radical (unpaired) electrons. The van der Waals surface area contributed by atoms with E-state index in [9.17, 15) is 0 Å². The van der Waals surface area contributed by atoms with Crippen LogP contribution in [0.15, 0.2) is 4.99 Å². The van der Waals surface area contributed by atoms with Crippen molar-refractivity contribution in [2.75, 3.05) is 25.6 Å². The van der Waals surface area contributed by atoms with Crippen molar-refractivity contribution in [3.63, 3.8) is 0 Å². The third-order valence-electron chi connectivity index (χ3n) is 4.99. The SMILES string of the molecule is CSCCCNC(=NCc1nnc(C)n1C)N(C)Cc1nc2c(s1)CCCC2.I. The zero-order valence-corrected chi connectivity index (χ0v) is 21.7. The van der Waals surface area contributed by atoms with E-state index in [1.807, 2.05) is 41.6 Å². The maximum absolute atomic E-state index is 4.88. The monoisotopic (exact) mass is 549 g/mol. The van der Waals surface area contributed by atoms with Crippen molar-refractivity contribution in [1.82, 2.24) is 30.0 Å². The van der Waals surface area contributed by atoms with Crippen LogP contribution in [0.25, 0.3) is 0 Å². The van der Waals surface area contributed by atoms with E-state index < -0.39 is 0 Å². The number of thioether (sulfide) groups is 1. The second kappa shape index (κ2) is 12.1. The summed E-state index contributed by atoms with van der Waals surface area (Å²) in [5, 5.41) is 13.1. The number of halogens is 1. The molecule has 0 atom stereocenters. The smallest absolute Gasteiger partial charge is 0.194 e. The van der Waals surface area contributed by atoms with Crippen molar-refractivity contribution in [3.05, 3.63) is 27.2 Å². The van der Waals surface area contributed by atoms with Gasteiger partial charge >= 0.3 is 0 Å². The van der Waals surface area contributed by atoms with Crippen LogP contribution in [0.2, 0.25) is 0 Å². The number of guanidine groups is 1. The lowest BCUT2D eigenvalue weighted by atomic mass is 10.0. The van der Waals surface area contributed by atoms with Gasteiger partial charge < -0.3 is 14.8 Å². The standard InChI is InChI=1S/C19H31N7S2.HI/c1-14-23-24-17(26(14)3)12-21-19(20-10-7-11-27-4)25(2)13-18-22-15-8-5-6-9-16(15)28-18;/h5-13H2,1-4H3,(H,20,21);1H. The van der Waals surface area contributed by atoms with Crippen molar-refractivity contribution in [2.24, 2.45) is 12.0 Å². The van der Waals surface area contributed by atoms with Crippen LogP contribution in [0, 0.1) is 6.92 Å². The average molecular weight is 550 g/mol. The zero-order valence-electron chi connectivity index (χ0n) is 17.8. The minimum absolute atomic E-state index is 0. The van der Waals surface area contributed by atoms with Gasteiger partial charge in [0.25, 0.3) is 0 Å². The summed E-state index contributed by atoms with van der Waals surface area (Å²) in [6.45, 7) is 4.17. The number of nitrogens with one attached hydrogen (secondary N) is 1. The van der Waals surface area contributed by atoms with E-state index in [1.54, 1.807) is 0 Å². The molecule has 3 rings (SSSR count). The van der Waals surface area contributed by atoms with E-state index in [-0.39, 0.29) is 24.0 Å². The Labute approximate surface area is 199 Å². The summed E-state index contributed by atoms with van der Waals surface area (Å²) in [4.78, 5) is 13.4. The lowest BCUT2D eigenvalue weighted by molar-refractivity contribution is 0.472. The summed E-state index contributed by atoms with van der Waals surface area (Å²) < 4.78 is 1.99. The Morgan fingerprint density at radius 3 is 2.79 bits per heavy atom. The van der Waals surface area contributed by atoms with Crippen molar-refractivity contribution >= 4 is 53.0 Å². The highest BCUT2D eigenvalue weighted by Gasteiger charge is 2.17. The molecule has 2 heterocycles. The van der Waals surface area contributed by atoms with Crippen LogP contribution in [0.1, 0.15) is 46.5 Å². The van der Waals surface area contributed by atoms with E-state index in [2.05, 4.69) is 33.7 Å². The Kier molecular flexibility index (Phi) is 10.2. The van der Waals surface area contributed by atoms with Crippen LogP contribution in [-0.2, 0) is 33.0 Å². The first kappa shape index (κ1) is 24.4. The van der Waals surface area contributed by atoms with Gasteiger partial charge in [-0.15, -0.1) is 45.5 Å². The van der Waals surface area contributed by atoms with Crippen molar-refractivity contribution < 1.29 is 0 Å². The molecule has 29 heavy (non-hydrogen) atoms. The molecule has 162 valence electrons. The highest BCUT2D eigenvalue weighted by atomic mass is 127. The third kappa shape index (κ3) is 6.81.